The van der Waals surface area contributed by atoms with Crippen LogP contribution in [0.5, 0.6) is 17.2 Å². The highest BCUT2D eigenvalue weighted by Gasteiger charge is 2.94. The van der Waals surface area contributed by atoms with Crippen LogP contribution in [0.2, 0.25) is 0 Å². The number of methoxy groups -OCH3 is 1. The van der Waals surface area contributed by atoms with Crippen LogP contribution >= 0.6 is 0 Å². The number of carbonyl (C=O) groups is 1. The lowest BCUT2D eigenvalue weighted by Crippen LogP contribution is -2.71. The van der Waals surface area contributed by atoms with E-state index in [4.69, 9.17) is 42.6 Å². The molecule has 9 rings (SSSR count). The number of phenolic OH excluding ortho intramolecular Hbond substituents is 1. The molecular formula is C35H42O11. The maximum atomic E-state index is 13.3. The topological polar surface area (TPSA) is 124 Å². The summed E-state index contributed by atoms with van der Waals surface area (Å²) < 4.78 is 58.6. The first-order valence-corrected chi connectivity index (χ1v) is 16.8. The predicted octanol–water partition coefficient (Wildman–Crippen LogP) is 4.84. The van der Waals surface area contributed by atoms with Crippen LogP contribution in [0.3, 0.4) is 0 Å². The van der Waals surface area contributed by atoms with Crippen molar-refractivity contribution in [1.29, 1.82) is 0 Å². The molecule has 8 atom stereocenters. The minimum absolute atomic E-state index is 0.114. The minimum Gasteiger partial charge on any atom is -0.506 e. The molecule has 7 aliphatic rings. The van der Waals surface area contributed by atoms with Crippen molar-refractivity contribution in [1.82, 2.24) is 0 Å². The Morgan fingerprint density at radius 3 is 2.61 bits per heavy atom. The first-order chi connectivity index (χ1) is 22.1. The molecule has 5 saturated heterocycles. The van der Waals surface area contributed by atoms with Gasteiger partial charge in [0.2, 0.25) is 11.9 Å². The van der Waals surface area contributed by atoms with Crippen LogP contribution in [0, 0.1) is 24.7 Å². The van der Waals surface area contributed by atoms with E-state index in [1.165, 1.54) is 0 Å². The van der Waals surface area contributed by atoms with Crippen molar-refractivity contribution in [2.75, 3.05) is 33.5 Å². The number of hydrogen-bond donors (Lipinski definition) is 1. The van der Waals surface area contributed by atoms with Crippen LogP contribution in [0.15, 0.2) is 6.07 Å². The van der Waals surface area contributed by atoms with Gasteiger partial charge < -0.3 is 47.7 Å². The van der Waals surface area contributed by atoms with E-state index in [1.54, 1.807) is 7.11 Å². The number of benzene rings is 2. The molecule has 11 nitrogen and oxygen atoms in total. The smallest absolute Gasteiger partial charge is 0.279 e. The van der Waals surface area contributed by atoms with Crippen LogP contribution in [-0.4, -0.2) is 80.3 Å². The average molecular weight is 639 g/mol. The minimum atomic E-state index is -1.52. The molecule has 11 heteroatoms. The maximum Gasteiger partial charge on any atom is 0.279 e. The molecule has 6 unspecified atom stereocenters. The summed E-state index contributed by atoms with van der Waals surface area (Å²) in [4.78, 5) is 13.3. The Hall–Kier alpha value is -2.51. The summed E-state index contributed by atoms with van der Waals surface area (Å²) in [5.41, 5.74) is 1.37. The number of Topliss-reactive ketones (excluding diaryl/α,β-unsaturated/α-hetero) is 1. The van der Waals surface area contributed by atoms with Crippen LogP contribution in [0.4, 0.5) is 0 Å². The molecule has 2 aromatic rings. The molecule has 2 aromatic carbocycles. The average Bonchev–Trinajstić information content (AvgIpc) is 3.36. The van der Waals surface area contributed by atoms with Crippen molar-refractivity contribution < 1.29 is 52.5 Å². The summed E-state index contributed by atoms with van der Waals surface area (Å²) >= 11 is 0. The van der Waals surface area contributed by atoms with E-state index in [1.807, 2.05) is 13.0 Å². The fourth-order valence-electron chi connectivity index (χ4n) is 9.20. The van der Waals surface area contributed by atoms with Gasteiger partial charge in [-0.2, -0.15) is 0 Å². The summed E-state index contributed by atoms with van der Waals surface area (Å²) in [6.45, 7) is 10.3. The predicted molar refractivity (Wildman–Crippen MR) is 161 cm³/mol. The van der Waals surface area contributed by atoms with Gasteiger partial charge in [-0.15, -0.1) is 0 Å². The van der Waals surface area contributed by atoms with E-state index in [2.05, 4.69) is 20.8 Å². The number of aryl methyl sites for hydroxylation is 1. The normalized spacial score (nSPS) is 39.3. The molecule has 0 amide bonds. The van der Waals surface area contributed by atoms with Gasteiger partial charge in [0.15, 0.2) is 18.2 Å². The van der Waals surface area contributed by atoms with Gasteiger partial charge >= 0.3 is 0 Å². The van der Waals surface area contributed by atoms with Crippen molar-refractivity contribution in [3.8, 4) is 17.2 Å². The zero-order valence-electron chi connectivity index (χ0n) is 27.0. The number of hydrogen-bond acceptors (Lipinski definition) is 11. The van der Waals surface area contributed by atoms with Crippen molar-refractivity contribution in [2.24, 2.45) is 17.8 Å². The fourth-order valence-corrected chi connectivity index (χ4v) is 9.20. The number of rotatable bonds is 6. The van der Waals surface area contributed by atoms with Crippen LogP contribution in [0.25, 0.3) is 10.8 Å². The van der Waals surface area contributed by atoms with Gasteiger partial charge in [0.1, 0.15) is 23.4 Å². The molecule has 0 saturated carbocycles. The van der Waals surface area contributed by atoms with E-state index in [-0.39, 0.29) is 18.1 Å². The maximum absolute atomic E-state index is 13.3. The standard InChI is InChI=1S/C35H42O11/c1-16(2)11-19-14-41-23(13-17(19)3)43-34-31-30(45-35(46-31,33(34)15-42-33)32-39-9-10-40-32)24-18(4)12-21-26(29(24)44-34)27(37)25-20(28(21)38-5)7-6-8-22(25)36/h12,16-17,19,23,30-32,37H,6-11,13-15H2,1-5H3/t17?,19?,23-,30?,31?,33?,34?,35+/m0/s1. The summed E-state index contributed by atoms with van der Waals surface area (Å²) in [5, 5.41) is 13.0. The van der Waals surface area contributed by atoms with E-state index in [0.29, 0.717) is 96.7 Å². The van der Waals surface area contributed by atoms with Gasteiger partial charge in [0.25, 0.3) is 11.6 Å². The molecule has 6 aliphatic heterocycles. The molecule has 2 bridgehead atoms. The quantitative estimate of drug-likeness (QED) is 0.437. The first-order valence-electron chi connectivity index (χ1n) is 16.8. The highest BCUT2D eigenvalue weighted by molar-refractivity contribution is 6.11. The number of carbonyl (C=O) groups excluding carboxylic acids is 1. The van der Waals surface area contributed by atoms with Crippen LogP contribution in [0.1, 0.15) is 79.6 Å². The Morgan fingerprint density at radius 2 is 1.91 bits per heavy atom. The molecule has 0 aromatic heterocycles. The lowest BCUT2D eigenvalue weighted by molar-refractivity contribution is -0.370. The molecule has 5 fully saturated rings. The van der Waals surface area contributed by atoms with Gasteiger partial charge in [-0.3, -0.25) is 4.79 Å². The third-order valence-corrected chi connectivity index (χ3v) is 11.4. The second-order valence-corrected chi connectivity index (χ2v) is 14.6. The molecule has 6 heterocycles. The van der Waals surface area contributed by atoms with Gasteiger partial charge in [0.05, 0.1) is 44.5 Å². The van der Waals surface area contributed by atoms with Crippen molar-refractivity contribution >= 4 is 16.6 Å². The second-order valence-electron chi connectivity index (χ2n) is 14.6. The molecule has 1 aliphatic carbocycles. The van der Waals surface area contributed by atoms with Crippen molar-refractivity contribution in [3.05, 3.63) is 28.3 Å². The van der Waals surface area contributed by atoms with E-state index in [9.17, 15) is 9.90 Å². The molecule has 248 valence electrons. The molecule has 0 radical (unpaired) electrons. The fraction of sp³-hybridized carbons (Fsp3) is 0.686. The van der Waals surface area contributed by atoms with Gasteiger partial charge in [-0.25, -0.2) is 0 Å². The van der Waals surface area contributed by atoms with Gasteiger partial charge in [-0.1, -0.05) is 20.8 Å². The number of epoxide rings is 1. The summed E-state index contributed by atoms with van der Waals surface area (Å²) in [5.74, 6) is -0.897. The van der Waals surface area contributed by atoms with Crippen molar-refractivity contribution in [3.63, 3.8) is 0 Å². The molecular weight excluding hydrogens is 596 g/mol. The van der Waals surface area contributed by atoms with Gasteiger partial charge in [-0.05, 0) is 55.6 Å². The van der Waals surface area contributed by atoms with Gasteiger partial charge in [0, 0.05) is 29.4 Å². The lowest BCUT2D eigenvalue weighted by Gasteiger charge is -2.51. The lowest BCUT2D eigenvalue weighted by atomic mass is 9.78. The summed E-state index contributed by atoms with van der Waals surface area (Å²) in [6, 6.07) is 1.97. The van der Waals surface area contributed by atoms with E-state index >= 15 is 0 Å². The second kappa shape index (κ2) is 10.0. The molecule has 1 spiro atoms. The summed E-state index contributed by atoms with van der Waals surface area (Å²) in [7, 11) is 1.60. The molecule has 1 N–H and O–H groups in total. The largest absolute Gasteiger partial charge is 0.506 e. The summed E-state index contributed by atoms with van der Waals surface area (Å²) in [6.07, 6.45) is 0.577. The zero-order chi connectivity index (χ0) is 31.7. The first kappa shape index (κ1) is 29.6. The van der Waals surface area contributed by atoms with Crippen molar-refractivity contribution in [2.45, 2.75) is 102 Å². The van der Waals surface area contributed by atoms with Crippen LogP contribution in [-0.2, 0) is 39.6 Å². The monoisotopic (exact) mass is 638 g/mol. The number of ether oxygens (including phenoxy) is 9. The Balaban J connectivity index is 1.22. The number of aromatic hydroxyl groups is 1. The third kappa shape index (κ3) is 3.65. The highest BCUT2D eigenvalue weighted by Crippen LogP contribution is 2.72. The Labute approximate surface area is 267 Å². The zero-order valence-corrected chi connectivity index (χ0v) is 27.0. The Morgan fingerprint density at radius 1 is 1.13 bits per heavy atom. The number of phenols is 1. The van der Waals surface area contributed by atoms with E-state index in [0.717, 1.165) is 17.5 Å². The molecule has 46 heavy (non-hydrogen) atoms. The highest BCUT2D eigenvalue weighted by atomic mass is 16.9. The number of fused-ring (bicyclic) bond motifs is 8. The third-order valence-electron chi connectivity index (χ3n) is 11.4. The Kier molecular flexibility index (Phi) is 6.44. The SMILES string of the molecule is COc1c2c(c(O)c3c4c(c(C)cc13)C1O[C@]3(C5OCCO5)OC1C(O[C@H]1CC(C)C(CC(C)C)CO1)(O4)C31CO1)C(=O)CCC2. The van der Waals surface area contributed by atoms with E-state index < -0.39 is 42.0 Å². The number of ketones is 1. The Bertz CT molecular complexity index is 1630. The van der Waals surface area contributed by atoms with Crippen LogP contribution < -0.4 is 9.47 Å².